The van der Waals surface area contributed by atoms with Crippen molar-refractivity contribution < 1.29 is 4.79 Å². The van der Waals surface area contributed by atoms with Crippen molar-refractivity contribution in [2.45, 2.75) is 32.7 Å². The molecule has 1 aliphatic heterocycles. The van der Waals surface area contributed by atoms with E-state index in [1.165, 1.54) is 22.9 Å². The number of carbonyl (C=O) groups excluding carboxylic acids is 1. The molecule has 0 atom stereocenters. The summed E-state index contributed by atoms with van der Waals surface area (Å²) in [6.45, 7) is 8.26. The van der Waals surface area contributed by atoms with Crippen LogP contribution in [0.5, 0.6) is 0 Å². The van der Waals surface area contributed by atoms with Crippen LogP contribution in [0.1, 0.15) is 31.9 Å². The molecule has 1 aliphatic rings. The van der Waals surface area contributed by atoms with Gasteiger partial charge in [-0.3, -0.25) is 4.79 Å². The Kier molecular flexibility index (Phi) is 3.48. The highest BCUT2D eigenvalue weighted by molar-refractivity contribution is 8.13. The van der Waals surface area contributed by atoms with Crippen molar-refractivity contribution in [2.75, 3.05) is 12.3 Å². The lowest BCUT2D eigenvalue weighted by molar-refractivity contribution is 0.228. The van der Waals surface area contributed by atoms with Gasteiger partial charge >= 0.3 is 0 Å². The predicted molar refractivity (Wildman–Crippen MR) is 73.4 cm³/mol. The molecule has 2 rings (SSSR count). The van der Waals surface area contributed by atoms with Crippen LogP contribution in [-0.2, 0) is 12.0 Å². The number of benzene rings is 1. The molecule has 0 bridgehead atoms. The van der Waals surface area contributed by atoms with E-state index in [0.29, 0.717) is 0 Å². The van der Waals surface area contributed by atoms with E-state index in [1.807, 2.05) is 4.90 Å². The topological polar surface area (TPSA) is 20.3 Å². The summed E-state index contributed by atoms with van der Waals surface area (Å²) in [5.74, 6) is 0.929. The Labute approximate surface area is 107 Å². The molecule has 1 heterocycles. The highest BCUT2D eigenvalue weighted by Gasteiger charge is 2.21. The van der Waals surface area contributed by atoms with Crippen LogP contribution in [0.2, 0.25) is 0 Å². The molecule has 1 saturated heterocycles. The van der Waals surface area contributed by atoms with Gasteiger partial charge < -0.3 is 4.90 Å². The third-order valence-corrected chi connectivity index (χ3v) is 3.93. The Morgan fingerprint density at radius 2 is 1.88 bits per heavy atom. The lowest BCUT2D eigenvalue weighted by Crippen LogP contribution is -2.22. The molecular formula is C14H19NOS. The van der Waals surface area contributed by atoms with Gasteiger partial charge in [0.1, 0.15) is 0 Å². The summed E-state index contributed by atoms with van der Waals surface area (Å²) in [4.78, 5) is 13.4. The molecule has 0 aliphatic carbocycles. The minimum absolute atomic E-state index is 0.192. The molecule has 0 saturated carbocycles. The largest absolute Gasteiger partial charge is 0.328 e. The number of nitrogens with zero attached hydrogens (tertiary/aromatic N) is 1. The molecule has 0 unspecified atom stereocenters. The van der Waals surface area contributed by atoms with Crippen LogP contribution in [0.15, 0.2) is 24.3 Å². The molecule has 0 spiro atoms. The van der Waals surface area contributed by atoms with Gasteiger partial charge in [-0.15, -0.1) is 0 Å². The van der Waals surface area contributed by atoms with Gasteiger partial charge in [0.15, 0.2) is 0 Å². The second-order valence-electron chi connectivity index (χ2n) is 5.48. The molecule has 1 aromatic carbocycles. The highest BCUT2D eigenvalue weighted by atomic mass is 32.2. The molecule has 92 valence electrons. The van der Waals surface area contributed by atoms with Gasteiger partial charge in [-0.25, -0.2) is 0 Å². The molecule has 0 N–H and O–H groups in total. The highest BCUT2D eigenvalue weighted by Crippen LogP contribution is 2.24. The normalized spacial score (nSPS) is 16.6. The van der Waals surface area contributed by atoms with Crippen molar-refractivity contribution in [1.29, 1.82) is 0 Å². The average Bonchev–Trinajstić information content (AvgIpc) is 2.64. The van der Waals surface area contributed by atoms with Gasteiger partial charge in [-0.2, -0.15) is 0 Å². The van der Waals surface area contributed by atoms with E-state index in [-0.39, 0.29) is 10.7 Å². The zero-order valence-electron chi connectivity index (χ0n) is 10.7. The summed E-state index contributed by atoms with van der Waals surface area (Å²) < 4.78 is 0. The summed E-state index contributed by atoms with van der Waals surface area (Å²) in [7, 11) is 0. The van der Waals surface area contributed by atoms with Crippen molar-refractivity contribution in [2.24, 2.45) is 0 Å². The lowest BCUT2D eigenvalue weighted by atomic mass is 9.87. The van der Waals surface area contributed by atoms with Crippen molar-refractivity contribution in [1.82, 2.24) is 4.90 Å². The molecule has 0 radical (unpaired) electrons. The minimum atomic E-state index is 0.192. The van der Waals surface area contributed by atoms with Crippen LogP contribution < -0.4 is 0 Å². The number of amides is 1. The summed E-state index contributed by atoms with van der Waals surface area (Å²) in [6, 6.07) is 8.61. The van der Waals surface area contributed by atoms with Crippen molar-refractivity contribution >= 4 is 17.0 Å². The van der Waals surface area contributed by atoms with Crippen LogP contribution in [0.4, 0.5) is 4.79 Å². The van der Waals surface area contributed by atoms with E-state index < -0.39 is 0 Å². The Morgan fingerprint density at radius 3 is 2.35 bits per heavy atom. The smallest absolute Gasteiger partial charge is 0.282 e. The van der Waals surface area contributed by atoms with E-state index in [9.17, 15) is 4.79 Å². The third kappa shape index (κ3) is 3.03. The SMILES string of the molecule is CC(C)(C)c1ccc(CN2CCSC2=O)cc1. The van der Waals surface area contributed by atoms with Crippen LogP contribution in [0.3, 0.4) is 0 Å². The fourth-order valence-electron chi connectivity index (χ4n) is 1.90. The maximum absolute atomic E-state index is 11.5. The molecule has 2 nitrogen and oxygen atoms in total. The Morgan fingerprint density at radius 1 is 1.24 bits per heavy atom. The van der Waals surface area contributed by atoms with E-state index in [2.05, 4.69) is 45.0 Å². The second kappa shape index (κ2) is 4.73. The first-order valence-electron chi connectivity index (χ1n) is 5.98. The van der Waals surface area contributed by atoms with E-state index in [0.717, 1.165) is 18.8 Å². The Bertz CT molecular complexity index is 405. The number of carbonyl (C=O) groups is 1. The van der Waals surface area contributed by atoms with Gasteiger partial charge in [-0.1, -0.05) is 56.8 Å². The Hall–Kier alpha value is -0.960. The van der Waals surface area contributed by atoms with Gasteiger partial charge in [0, 0.05) is 18.8 Å². The maximum atomic E-state index is 11.5. The molecular weight excluding hydrogens is 230 g/mol. The van der Waals surface area contributed by atoms with Crippen LogP contribution >= 0.6 is 11.8 Å². The molecule has 1 fully saturated rings. The van der Waals surface area contributed by atoms with Crippen LogP contribution in [0, 0.1) is 0 Å². The van der Waals surface area contributed by atoms with E-state index in [4.69, 9.17) is 0 Å². The fourth-order valence-corrected chi connectivity index (χ4v) is 2.72. The van der Waals surface area contributed by atoms with Gasteiger partial charge in [0.2, 0.25) is 0 Å². The quantitative estimate of drug-likeness (QED) is 0.797. The van der Waals surface area contributed by atoms with Gasteiger partial charge in [0.05, 0.1) is 0 Å². The van der Waals surface area contributed by atoms with Gasteiger partial charge in [-0.05, 0) is 16.5 Å². The maximum Gasteiger partial charge on any atom is 0.282 e. The number of thioether (sulfide) groups is 1. The lowest BCUT2D eigenvalue weighted by Gasteiger charge is -2.20. The van der Waals surface area contributed by atoms with E-state index in [1.54, 1.807) is 0 Å². The number of rotatable bonds is 2. The summed E-state index contributed by atoms with van der Waals surface area (Å²) in [6.07, 6.45) is 0. The summed E-state index contributed by atoms with van der Waals surface area (Å²) >= 11 is 1.42. The first-order chi connectivity index (χ1) is 7.97. The zero-order chi connectivity index (χ0) is 12.5. The summed E-state index contributed by atoms with van der Waals surface area (Å²) in [5, 5.41) is 0.213. The number of hydrogen-bond acceptors (Lipinski definition) is 2. The predicted octanol–water partition coefficient (Wildman–Crippen LogP) is 3.65. The molecule has 0 aromatic heterocycles. The zero-order valence-corrected chi connectivity index (χ0v) is 11.5. The first-order valence-corrected chi connectivity index (χ1v) is 6.96. The molecule has 3 heteroatoms. The van der Waals surface area contributed by atoms with E-state index >= 15 is 0 Å². The molecule has 17 heavy (non-hydrogen) atoms. The van der Waals surface area contributed by atoms with Crippen LogP contribution in [0.25, 0.3) is 0 Å². The molecule has 1 aromatic rings. The third-order valence-electron chi connectivity index (χ3n) is 3.04. The first kappa shape index (κ1) is 12.5. The standard InChI is InChI=1S/C14H19NOS/c1-14(2,3)12-6-4-11(5-7-12)10-15-8-9-17-13(15)16/h4-7H,8-10H2,1-3H3. The van der Waals surface area contributed by atoms with Gasteiger partial charge in [0.25, 0.3) is 5.24 Å². The average molecular weight is 249 g/mol. The van der Waals surface area contributed by atoms with Crippen LogP contribution in [-0.4, -0.2) is 22.4 Å². The fraction of sp³-hybridized carbons (Fsp3) is 0.500. The minimum Gasteiger partial charge on any atom is -0.328 e. The molecule has 1 amide bonds. The Balaban J connectivity index is 2.06. The summed E-state index contributed by atoms with van der Waals surface area (Å²) in [5.41, 5.74) is 2.75. The monoisotopic (exact) mass is 249 g/mol. The number of hydrogen-bond donors (Lipinski definition) is 0. The van der Waals surface area contributed by atoms with Crippen molar-refractivity contribution in [3.63, 3.8) is 0 Å². The van der Waals surface area contributed by atoms with Crippen molar-refractivity contribution in [3.05, 3.63) is 35.4 Å². The van der Waals surface area contributed by atoms with Crippen molar-refractivity contribution in [3.8, 4) is 0 Å². The second-order valence-corrected chi connectivity index (χ2v) is 6.53.